The number of rotatable bonds is 5. The average molecular weight is 351 g/mol. The summed E-state index contributed by atoms with van der Waals surface area (Å²) in [7, 11) is 0. The van der Waals surface area contributed by atoms with Crippen molar-refractivity contribution in [2.24, 2.45) is 0 Å². The van der Waals surface area contributed by atoms with E-state index in [-0.39, 0.29) is 0 Å². The Balaban J connectivity index is 1.75. The summed E-state index contributed by atoms with van der Waals surface area (Å²) in [5, 5.41) is 7.82. The third-order valence-electron chi connectivity index (χ3n) is 3.41. The topological polar surface area (TPSA) is 52.0 Å². The number of halogens is 1. The van der Waals surface area contributed by atoms with Crippen LogP contribution in [0.4, 0.5) is 0 Å². The van der Waals surface area contributed by atoms with Crippen molar-refractivity contribution in [1.82, 2.24) is 20.1 Å². The van der Waals surface area contributed by atoms with E-state index in [1.54, 1.807) is 6.33 Å². The quantitative estimate of drug-likeness (QED) is 0.900. The minimum Gasteiger partial charge on any atom is -0.493 e. The number of nitrogens with one attached hydrogen (secondary N) is 1. The Kier molecular flexibility index (Phi) is 4.26. The van der Waals surface area contributed by atoms with Gasteiger partial charge in [0.05, 0.1) is 19.7 Å². The van der Waals surface area contributed by atoms with Gasteiger partial charge in [-0.15, -0.1) is 0 Å². The second-order valence-corrected chi connectivity index (χ2v) is 6.46. The van der Waals surface area contributed by atoms with Gasteiger partial charge in [0.1, 0.15) is 12.1 Å². The van der Waals surface area contributed by atoms with Crippen molar-refractivity contribution in [2.45, 2.75) is 39.4 Å². The van der Waals surface area contributed by atoms with Gasteiger partial charge in [-0.1, -0.05) is 29.8 Å². The molecule has 21 heavy (non-hydrogen) atoms. The summed E-state index contributed by atoms with van der Waals surface area (Å²) in [6.45, 7) is 6.35. The van der Waals surface area contributed by atoms with Crippen LogP contribution in [-0.2, 0) is 19.5 Å². The van der Waals surface area contributed by atoms with Gasteiger partial charge in [0.2, 0.25) is 0 Å². The molecule has 0 aliphatic carbocycles. The molecule has 6 heteroatoms. The first kappa shape index (κ1) is 14.5. The zero-order chi connectivity index (χ0) is 14.8. The minimum atomic E-state index is 0.429. The Morgan fingerprint density at radius 1 is 1.43 bits per heavy atom. The summed E-state index contributed by atoms with van der Waals surface area (Å²) in [6, 6.07) is 4.65. The minimum absolute atomic E-state index is 0.429. The number of ether oxygens (including phenoxy) is 1. The molecule has 2 aromatic rings. The highest BCUT2D eigenvalue weighted by Crippen LogP contribution is 2.33. The van der Waals surface area contributed by atoms with E-state index in [9.17, 15) is 0 Å². The molecular weight excluding hydrogens is 332 g/mol. The maximum absolute atomic E-state index is 5.75. The maximum atomic E-state index is 5.75. The number of fused-ring (bicyclic) bond motifs is 1. The van der Waals surface area contributed by atoms with Crippen LogP contribution in [0.5, 0.6) is 5.75 Å². The van der Waals surface area contributed by atoms with Gasteiger partial charge in [0.25, 0.3) is 0 Å². The molecule has 1 aromatic carbocycles. The largest absolute Gasteiger partial charge is 0.493 e. The summed E-state index contributed by atoms with van der Waals surface area (Å²) < 4.78 is 8.70. The van der Waals surface area contributed by atoms with Crippen LogP contribution in [0.25, 0.3) is 0 Å². The first-order chi connectivity index (χ1) is 10.1. The van der Waals surface area contributed by atoms with E-state index < -0.39 is 0 Å². The predicted molar refractivity (Wildman–Crippen MR) is 84.4 cm³/mol. The van der Waals surface area contributed by atoms with Crippen molar-refractivity contribution >= 4 is 15.9 Å². The fourth-order valence-electron chi connectivity index (χ4n) is 2.42. The number of benzene rings is 1. The van der Waals surface area contributed by atoms with Gasteiger partial charge in [-0.2, -0.15) is 5.10 Å². The van der Waals surface area contributed by atoms with E-state index in [0.29, 0.717) is 19.1 Å². The number of hydrogen-bond acceptors (Lipinski definition) is 4. The van der Waals surface area contributed by atoms with E-state index in [1.165, 1.54) is 5.56 Å². The van der Waals surface area contributed by atoms with Crippen LogP contribution >= 0.6 is 15.9 Å². The van der Waals surface area contributed by atoms with Crippen molar-refractivity contribution < 1.29 is 4.74 Å². The number of nitrogens with zero attached hydrogens (tertiary/aromatic N) is 3. The van der Waals surface area contributed by atoms with Crippen LogP contribution < -0.4 is 10.1 Å². The monoisotopic (exact) mass is 350 g/mol. The SMILES string of the molecule is CC(C)NCc1ncn(Cc2cc(Br)cc3c2OCC3)n1. The molecule has 112 valence electrons. The number of aromatic nitrogens is 3. The van der Waals surface area contributed by atoms with Gasteiger partial charge in [0, 0.05) is 22.5 Å². The Morgan fingerprint density at radius 2 is 2.29 bits per heavy atom. The molecule has 0 atom stereocenters. The van der Waals surface area contributed by atoms with E-state index in [1.807, 2.05) is 4.68 Å². The lowest BCUT2D eigenvalue weighted by atomic mass is 10.1. The molecule has 0 fully saturated rings. The highest BCUT2D eigenvalue weighted by Gasteiger charge is 2.18. The molecule has 0 saturated carbocycles. The summed E-state index contributed by atoms with van der Waals surface area (Å²) in [4.78, 5) is 4.34. The van der Waals surface area contributed by atoms with Gasteiger partial charge in [-0.25, -0.2) is 9.67 Å². The van der Waals surface area contributed by atoms with Crippen LogP contribution in [0.1, 0.15) is 30.8 Å². The second kappa shape index (κ2) is 6.15. The predicted octanol–water partition coefficient (Wildman–Crippen LogP) is 2.52. The molecule has 0 amide bonds. The Bertz CT molecular complexity index is 639. The molecule has 0 bridgehead atoms. The third-order valence-corrected chi connectivity index (χ3v) is 3.87. The highest BCUT2D eigenvalue weighted by atomic mass is 79.9. The molecule has 1 aliphatic rings. The summed E-state index contributed by atoms with van der Waals surface area (Å²) in [6.07, 6.45) is 2.75. The van der Waals surface area contributed by atoms with Crippen molar-refractivity contribution in [3.8, 4) is 5.75 Å². The first-order valence-electron chi connectivity index (χ1n) is 7.17. The van der Waals surface area contributed by atoms with Gasteiger partial charge in [-0.05, 0) is 17.7 Å². The van der Waals surface area contributed by atoms with E-state index in [4.69, 9.17) is 4.74 Å². The molecule has 1 N–H and O–H groups in total. The molecule has 0 spiro atoms. The molecule has 0 unspecified atom stereocenters. The smallest absolute Gasteiger partial charge is 0.164 e. The van der Waals surface area contributed by atoms with Crippen molar-refractivity contribution in [3.05, 3.63) is 39.9 Å². The fourth-order valence-corrected chi connectivity index (χ4v) is 2.98. The lowest BCUT2D eigenvalue weighted by molar-refractivity contribution is 0.352. The highest BCUT2D eigenvalue weighted by molar-refractivity contribution is 9.10. The molecule has 2 heterocycles. The van der Waals surface area contributed by atoms with Crippen LogP contribution in [0.15, 0.2) is 22.9 Å². The fraction of sp³-hybridized carbons (Fsp3) is 0.467. The molecule has 5 nitrogen and oxygen atoms in total. The summed E-state index contributed by atoms with van der Waals surface area (Å²) in [5.41, 5.74) is 2.41. The Hall–Kier alpha value is -1.40. The zero-order valence-corrected chi connectivity index (χ0v) is 13.9. The van der Waals surface area contributed by atoms with E-state index in [0.717, 1.165) is 34.6 Å². The van der Waals surface area contributed by atoms with Gasteiger partial charge >= 0.3 is 0 Å². The first-order valence-corrected chi connectivity index (χ1v) is 7.97. The third kappa shape index (κ3) is 3.44. The van der Waals surface area contributed by atoms with Crippen LogP contribution in [0.3, 0.4) is 0 Å². The number of hydrogen-bond donors (Lipinski definition) is 1. The average Bonchev–Trinajstić information content (AvgIpc) is 3.05. The molecular formula is C15H19BrN4O. The Labute approximate surface area is 132 Å². The van der Waals surface area contributed by atoms with Gasteiger partial charge < -0.3 is 10.1 Å². The summed E-state index contributed by atoms with van der Waals surface area (Å²) >= 11 is 3.56. The van der Waals surface area contributed by atoms with Crippen LogP contribution in [-0.4, -0.2) is 27.4 Å². The van der Waals surface area contributed by atoms with Crippen molar-refractivity contribution in [2.75, 3.05) is 6.61 Å². The molecule has 3 rings (SSSR count). The van der Waals surface area contributed by atoms with E-state index >= 15 is 0 Å². The Morgan fingerprint density at radius 3 is 3.10 bits per heavy atom. The molecule has 0 saturated heterocycles. The zero-order valence-electron chi connectivity index (χ0n) is 12.3. The lowest BCUT2D eigenvalue weighted by Crippen LogP contribution is -2.22. The maximum Gasteiger partial charge on any atom is 0.164 e. The second-order valence-electron chi connectivity index (χ2n) is 5.55. The van der Waals surface area contributed by atoms with Crippen LogP contribution in [0, 0.1) is 0 Å². The van der Waals surface area contributed by atoms with Crippen LogP contribution in [0.2, 0.25) is 0 Å². The van der Waals surface area contributed by atoms with E-state index in [2.05, 4.69) is 57.3 Å². The van der Waals surface area contributed by atoms with Crippen molar-refractivity contribution in [3.63, 3.8) is 0 Å². The standard InChI is InChI=1S/C15H19BrN4O/c1-10(2)17-7-14-18-9-20(19-14)8-12-6-13(16)5-11-3-4-21-15(11)12/h5-6,9-10,17H,3-4,7-8H2,1-2H3. The normalized spacial score (nSPS) is 13.5. The molecule has 1 aliphatic heterocycles. The molecule has 1 aromatic heterocycles. The van der Waals surface area contributed by atoms with Crippen molar-refractivity contribution in [1.29, 1.82) is 0 Å². The summed E-state index contributed by atoms with van der Waals surface area (Å²) in [5.74, 6) is 1.83. The lowest BCUT2D eigenvalue weighted by Gasteiger charge is -2.09. The van der Waals surface area contributed by atoms with Gasteiger partial charge in [0.15, 0.2) is 5.82 Å². The molecule has 0 radical (unpaired) electrons. The van der Waals surface area contributed by atoms with Gasteiger partial charge in [-0.3, -0.25) is 0 Å².